The van der Waals surface area contributed by atoms with Crippen LogP contribution in [0.4, 0.5) is 0 Å². The van der Waals surface area contributed by atoms with Crippen molar-refractivity contribution < 1.29 is 14.7 Å². The Morgan fingerprint density at radius 1 is 1.15 bits per heavy atom. The Bertz CT molecular complexity index is 505. The number of benzene rings is 1. The van der Waals surface area contributed by atoms with E-state index in [2.05, 4.69) is 0 Å². The zero-order valence-electron chi connectivity index (χ0n) is 11.3. The summed E-state index contributed by atoms with van der Waals surface area (Å²) >= 11 is 0. The number of imide groups is 1. The van der Waals surface area contributed by atoms with E-state index in [1.165, 1.54) is 11.3 Å². The zero-order chi connectivity index (χ0) is 14.1. The minimum Gasteiger partial charge on any atom is -0.395 e. The molecule has 20 heavy (non-hydrogen) atoms. The molecular weight excluding hydrogens is 256 g/mol. The molecule has 106 valence electrons. The van der Waals surface area contributed by atoms with Gasteiger partial charge in [-0.25, -0.2) is 0 Å². The minimum atomic E-state index is -0.229. The van der Waals surface area contributed by atoms with Crippen molar-refractivity contribution >= 4 is 11.8 Å². The molecule has 2 amide bonds. The molecule has 1 aromatic carbocycles. The van der Waals surface area contributed by atoms with Crippen molar-refractivity contribution in [3.05, 3.63) is 35.4 Å². The molecule has 0 saturated heterocycles. The van der Waals surface area contributed by atoms with E-state index in [1.807, 2.05) is 4.90 Å². The van der Waals surface area contributed by atoms with Gasteiger partial charge in [-0.2, -0.15) is 0 Å². The van der Waals surface area contributed by atoms with Gasteiger partial charge in [-0.3, -0.25) is 19.4 Å². The number of nitrogens with zero attached hydrogens (tertiary/aromatic N) is 2. The van der Waals surface area contributed by atoms with Crippen LogP contribution < -0.4 is 0 Å². The maximum atomic E-state index is 12.3. The fourth-order valence-electron chi connectivity index (χ4n) is 2.80. The molecule has 0 atom stereocenters. The fraction of sp³-hybridized carbons (Fsp3) is 0.467. The lowest BCUT2D eigenvalue weighted by Gasteiger charge is -2.38. The lowest BCUT2D eigenvalue weighted by Crippen LogP contribution is -2.49. The van der Waals surface area contributed by atoms with Gasteiger partial charge in [0.2, 0.25) is 0 Å². The number of rotatable bonds is 5. The van der Waals surface area contributed by atoms with Crippen LogP contribution in [-0.4, -0.2) is 52.6 Å². The monoisotopic (exact) mass is 274 g/mol. The molecule has 1 aliphatic heterocycles. The van der Waals surface area contributed by atoms with Crippen molar-refractivity contribution in [1.82, 2.24) is 9.80 Å². The summed E-state index contributed by atoms with van der Waals surface area (Å²) < 4.78 is 0. The molecule has 1 aliphatic carbocycles. The Hall–Kier alpha value is -1.72. The summed E-state index contributed by atoms with van der Waals surface area (Å²) in [7, 11) is 0. The van der Waals surface area contributed by atoms with E-state index in [0.717, 1.165) is 12.8 Å². The largest absolute Gasteiger partial charge is 0.395 e. The standard InChI is InChI=1S/C15H18N2O3/c18-9-8-16(11-4-3-5-11)10-17-14(19)12-6-1-2-7-13(12)15(17)20/h1-2,6-7,11,18H,3-5,8-10H2. The number of hydrogen-bond donors (Lipinski definition) is 1. The molecule has 5 heteroatoms. The first kappa shape index (κ1) is 13.3. The number of carbonyl (C=O) groups is 2. The van der Waals surface area contributed by atoms with Gasteiger partial charge < -0.3 is 5.11 Å². The van der Waals surface area contributed by atoms with Crippen molar-refractivity contribution in [1.29, 1.82) is 0 Å². The quantitative estimate of drug-likeness (QED) is 0.816. The first-order valence-corrected chi connectivity index (χ1v) is 7.02. The van der Waals surface area contributed by atoms with Crippen LogP contribution in [-0.2, 0) is 0 Å². The Labute approximate surface area is 117 Å². The fourth-order valence-corrected chi connectivity index (χ4v) is 2.80. The van der Waals surface area contributed by atoms with Crippen molar-refractivity contribution in [3.8, 4) is 0 Å². The topological polar surface area (TPSA) is 60.9 Å². The molecule has 1 aromatic rings. The van der Waals surface area contributed by atoms with Crippen LogP contribution in [0.15, 0.2) is 24.3 Å². The summed E-state index contributed by atoms with van der Waals surface area (Å²) in [5, 5.41) is 9.15. The van der Waals surface area contributed by atoms with Crippen LogP contribution in [0.1, 0.15) is 40.0 Å². The molecule has 0 spiro atoms. The van der Waals surface area contributed by atoms with Gasteiger partial charge in [-0.1, -0.05) is 18.6 Å². The Morgan fingerprint density at radius 3 is 2.20 bits per heavy atom. The molecule has 0 aromatic heterocycles. The smallest absolute Gasteiger partial charge is 0.262 e. The lowest BCUT2D eigenvalue weighted by atomic mass is 9.92. The highest BCUT2D eigenvalue weighted by atomic mass is 16.3. The Balaban J connectivity index is 1.78. The highest BCUT2D eigenvalue weighted by molar-refractivity contribution is 6.21. The average molecular weight is 274 g/mol. The minimum absolute atomic E-state index is 0.0413. The van der Waals surface area contributed by atoms with Gasteiger partial charge in [0.25, 0.3) is 11.8 Å². The highest BCUT2D eigenvalue weighted by Crippen LogP contribution is 2.27. The van der Waals surface area contributed by atoms with Gasteiger partial charge in [-0.15, -0.1) is 0 Å². The second-order valence-electron chi connectivity index (χ2n) is 5.35. The third-order valence-corrected chi connectivity index (χ3v) is 4.18. The number of carbonyl (C=O) groups excluding carboxylic acids is 2. The van der Waals surface area contributed by atoms with Crippen molar-refractivity contribution in [2.75, 3.05) is 19.8 Å². The first-order chi connectivity index (χ1) is 9.72. The van der Waals surface area contributed by atoms with E-state index >= 15 is 0 Å². The van der Waals surface area contributed by atoms with Gasteiger partial charge in [0.15, 0.2) is 0 Å². The number of hydrogen-bond acceptors (Lipinski definition) is 4. The summed E-state index contributed by atoms with van der Waals surface area (Å²) in [6, 6.07) is 7.30. The van der Waals surface area contributed by atoms with Crippen LogP contribution in [0.5, 0.6) is 0 Å². The Morgan fingerprint density at radius 2 is 1.75 bits per heavy atom. The van der Waals surface area contributed by atoms with Crippen LogP contribution >= 0.6 is 0 Å². The number of aliphatic hydroxyl groups excluding tert-OH is 1. The van der Waals surface area contributed by atoms with Crippen molar-refractivity contribution in [2.24, 2.45) is 0 Å². The molecule has 0 bridgehead atoms. The van der Waals surface area contributed by atoms with E-state index in [-0.39, 0.29) is 25.1 Å². The number of fused-ring (bicyclic) bond motifs is 1. The second-order valence-corrected chi connectivity index (χ2v) is 5.35. The number of aliphatic hydroxyl groups is 1. The van der Waals surface area contributed by atoms with E-state index in [9.17, 15) is 9.59 Å². The summed E-state index contributed by atoms with van der Waals surface area (Å²) in [6.07, 6.45) is 3.32. The Kier molecular flexibility index (Phi) is 3.54. The van der Waals surface area contributed by atoms with Crippen LogP contribution in [0, 0.1) is 0 Å². The summed E-state index contributed by atoms with van der Waals surface area (Å²) in [5.41, 5.74) is 0.963. The molecule has 1 heterocycles. The molecule has 1 N–H and O–H groups in total. The molecule has 3 rings (SSSR count). The van der Waals surface area contributed by atoms with Crippen LogP contribution in [0.3, 0.4) is 0 Å². The first-order valence-electron chi connectivity index (χ1n) is 7.02. The molecule has 2 aliphatic rings. The third kappa shape index (κ3) is 2.13. The van der Waals surface area contributed by atoms with Gasteiger partial charge >= 0.3 is 0 Å². The molecule has 1 saturated carbocycles. The molecule has 0 unspecified atom stereocenters. The predicted molar refractivity (Wildman–Crippen MR) is 73.2 cm³/mol. The van der Waals surface area contributed by atoms with E-state index in [0.29, 0.717) is 23.7 Å². The normalized spacial score (nSPS) is 18.6. The zero-order valence-corrected chi connectivity index (χ0v) is 11.3. The van der Waals surface area contributed by atoms with Crippen molar-refractivity contribution in [3.63, 3.8) is 0 Å². The van der Waals surface area contributed by atoms with Gasteiger partial charge in [0.1, 0.15) is 0 Å². The number of amides is 2. The average Bonchev–Trinajstić information content (AvgIpc) is 2.63. The highest BCUT2D eigenvalue weighted by Gasteiger charge is 2.37. The summed E-state index contributed by atoms with van der Waals surface area (Å²) in [5.74, 6) is -0.458. The van der Waals surface area contributed by atoms with Crippen LogP contribution in [0.25, 0.3) is 0 Å². The van der Waals surface area contributed by atoms with Gasteiger partial charge in [0.05, 0.1) is 24.4 Å². The van der Waals surface area contributed by atoms with Crippen LogP contribution in [0.2, 0.25) is 0 Å². The van der Waals surface area contributed by atoms with E-state index < -0.39 is 0 Å². The summed E-state index contributed by atoms with van der Waals surface area (Å²) in [4.78, 5) is 27.9. The van der Waals surface area contributed by atoms with E-state index in [1.54, 1.807) is 24.3 Å². The lowest BCUT2D eigenvalue weighted by molar-refractivity contribution is 0.0332. The van der Waals surface area contributed by atoms with E-state index in [4.69, 9.17) is 5.11 Å². The summed E-state index contributed by atoms with van der Waals surface area (Å²) in [6.45, 7) is 0.815. The van der Waals surface area contributed by atoms with Gasteiger partial charge in [0, 0.05) is 12.6 Å². The predicted octanol–water partition coefficient (Wildman–Crippen LogP) is 1.09. The SMILES string of the molecule is O=C1c2ccccc2C(=O)N1CN(CCO)C1CCC1. The molecule has 1 fully saturated rings. The molecular formula is C15H18N2O3. The second kappa shape index (κ2) is 5.34. The maximum absolute atomic E-state index is 12.3. The van der Waals surface area contributed by atoms with Crippen molar-refractivity contribution in [2.45, 2.75) is 25.3 Å². The third-order valence-electron chi connectivity index (χ3n) is 4.18. The maximum Gasteiger partial charge on any atom is 0.262 e. The molecule has 0 radical (unpaired) electrons. The molecule has 5 nitrogen and oxygen atoms in total. The van der Waals surface area contributed by atoms with Gasteiger partial charge in [-0.05, 0) is 25.0 Å².